The molecule has 0 aliphatic heterocycles. The second kappa shape index (κ2) is 5.34. The zero-order valence-electron chi connectivity index (χ0n) is 11.7. The fourth-order valence-corrected chi connectivity index (χ4v) is 2.27. The van der Waals surface area contributed by atoms with E-state index in [0.29, 0.717) is 11.1 Å². The van der Waals surface area contributed by atoms with Crippen LogP contribution in [0.5, 0.6) is 5.75 Å². The predicted octanol–water partition coefficient (Wildman–Crippen LogP) is 4.01. The lowest BCUT2D eigenvalue weighted by Crippen LogP contribution is -2.03. The van der Waals surface area contributed by atoms with Crippen LogP contribution in [0, 0.1) is 18.2 Å². The normalized spacial score (nSPS) is 10.6. The van der Waals surface area contributed by atoms with Crippen molar-refractivity contribution in [3.8, 4) is 18.1 Å². The number of ether oxygens (including phenoxy) is 1. The Morgan fingerprint density at radius 3 is 2.60 bits per heavy atom. The lowest BCUT2D eigenvalue weighted by Gasteiger charge is -2.14. The van der Waals surface area contributed by atoms with Crippen LogP contribution in [0.15, 0.2) is 24.3 Å². The molecule has 0 saturated carbocycles. The van der Waals surface area contributed by atoms with Gasteiger partial charge in [-0.2, -0.15) is 0 Å². The van der Waals surface area contributed by atoms with E-state index in [4.69, 9.17) is 11.2 Å². The Morgan fingerprint density at radius 1 is 1.35 bits per heavy atom. The van der Waals surface area contributed by atoms with Crippen molar-refractivity contribution in [1.82, 2.24) is 0 Å². The van der Waals surface area contributed by atoms with Gasteiger partial charge in [0.15, 0.2) is 0 Å². The third-order valence-corrected chi connectivity index (χ3v) is 3.10. The molecule has 0 aliphatic carbocycles. The summed E-state index contributed by atoms with van der Waals surface area (Å²) in [6, 6.07) is 6.42. The van der Waals surface area contributed by atoms with Crippen LogP contribution < -0.4 is 4.74 Å². The molecule has 0 heterocycles. The van der Waals surface area contributed by atoms with E-state index in [1.807, 2.05) is 13.8 Å². The monoisotopic (exact) mass is 270 g/mol. The Bertz CT molecular complexity index is 724. The first-order chi connectivity index (χ1) is 9.43. The molecule has 0 aromatic heterocycles. The van der Waals surface area contributed by atoms with Gasteiger partial charge in [-0.3, -0.25) is 4.79 Å². The standard InChI is InChI=1S/C17H15FO2/c1-5-14-16(18)7-6-12-8-13(20-11(4)19)9-15(10(2)3)17(12)14/h1,6-10H,2-4H3. The van der Waals surface area contributed by atoms with Gasteiger partial charge in [-0.05, 0) is 35.1 Å². The topological polar surface area (TPSA) is 26.3 Å². The lowest BCUT2D eigenvalue weighted by molar-refractivity contribution is -0.131. The first-order valence-corrected chi connectivity index (χ1v) is 6.35. The number of esters is 1. The fourth-order valence-electron chi connectivity index (χ4n) is 2.27. The second-order valence-corrected chi connectivity index (χ2v) is 4.93. The smallest absolute Gasteiger partial charge is 0.308 e. The van der Waals surface area contributed by atoms with Crippen LogP contribution in [0.1, 0.15) is 37.8 Å². The van der Waals surface area contributed by atoms with Crippen molar-refractivity contribution in [2.45, 2.75) is 26.7 Å². The largest absolute Gasteiger partial charge is 0.427 e. The fraction of sp³-hybridized carbons (Fsp3) is 0.235. The average Bonchev–Trinajstić information content (AvgIpc) is 2.37. The maximum absolute atomic E-state index is 13.8. The van der Waals surface area contributed by atoms with E-state index < -0.39 is 11.8 Å². The number of benzene rings is 2. The van der Waals surface area contributed by atoms with Crippen LogP contribution >= 0.6 is 0 Å². The number of hydrogen-bond donors (Lipinski definition) is 0. The molecule has 3 heteroatoms. The van der Waals surface area contributed by atoms with Crippen LogP contribution in [0.4, 0.5) is 4.39 Å². The van der Waals surface area contributed by atoms with Gasteiger partial charge in [0.1, 0.15) is 11.6 Å². The molecular formula is C17H15FO2. The minimum atomic E-state index is -0.415. The van der Waals surface area contributed by atoms with Crippen LogP contribution in [0.25, 0.3) is 10.8 Å². The molecule has 20 heavy (non-hydrogen) atoms. The van der Waals surface area contributed by atoms with Gasteiger partial charge in [-0.25, -0.2) is 4.39 Å². The molecule has 0 unspecified atom stereocenters. The first kappa shape index (κ1) is 14.1. The summed E-state index contributed by atoms with van der Waals surface area (Å²) in [5.41, 5.74) is 1.12. The van der Waals surface area contributed by atoms with E-state index >= 15 is 0 Å². The van der Waals surface area contributed by atoms with Crippen LogP contribution in [0.3, 0.4) is 0 Å². The van der Waals surface area contributed by atoms with E-state index in [2.05, 4.69) is 5.92 Å². The quantitative estimate of drug-likeness (QED) is 0.468. The average molecular weight is 270 g/mol. The molecular weight excluding hydrogens is 255 g/mol. The summed E-state index contributed by atoms with van der Waals surface area (Å²) < 4.78 is 19.0. The number of carbonyl (C=O) groups is 1. The Kier molecular flexibility index (Phi) is 3.76. The van der Waals surface area contributed by atoms with Crippen molar-refractivity contribution >= 4 is 16.7 Å². The highest BCUT2D eigenvalue weighted by Crippen LogP contribution is 2.33. The number of carbonyl (C=O) groups excluding carboxylic acids is 1. The van der Waals surface area contributed by atoms with E-state index in [1.54, 1.807) is 18.2 Å². The summed E-state index contributed by atoms with van der Waals surface area (Å²) in [6.07, 6.45) is 5.43. The summed E-state index contributed by atoms with van der Waals surface area (Å²) in [5, 5.41) is 1.47. The van der Waals surface area contributed by atoms with Crippen molar-refractivity contribution in [3.63, 3.8) is 0 Å². The second-order valence-electron chi connectivity index (χ2n) is 4.93. The molecule has 2 aromatic rings. The SMILES string of the molecule is C#Cc1c(F)ccc2cc(OC(C)=O)cc(C(C)C)c12. The molecule has 0 saturated heterocycles. The van der Waals surface area contributed by atoms with Gasteiger partial charge in [-0.1, -0.05) is 25.8 Å². The Hall–Kier alpha value is -2.34. The minimum Gasteiger partial charge on any atom is -0.427 e. The van der Waals surface area contributed by atoms with Gasteiger partial charge < -0.3 is 4.74 Å². The van der Waals surface area contributed by atoms with E-state index in [-0.39, 0.29) is 11.5 Å². The molecule has 0 radical (unpaired) electrons. The van der Waals surface area contributed by atoms with E-state index in [1.165, 1.54) is 13.0 Å². The van der Waals surface area contributed by atoms with E-state index in [0.717, 1.165) is 10.9 Å². The molecule has 0 N–H and O–H groups in total. The predicted molar refractivity (Wildman–Crippen MR) is 77.2 cm³/mol. The van der Waals surface area contributed by atoms with Crippen LogP contribution in [-0.4, -0.2) is 5.97 Å². The zero-order valence-corrected chi connectivity index (χ0v) is 11.7. The minimum absolute atomic E-state index is 0.127. The highest BCUT2D eigenvalue weighted by Gasteiger charge is 2.14. The molecule has 0 aliphatic rings. The Balaban J connectivity index is 2.82. The number of halogens is 1. The third-order valence-electron chi connectivity index (χ3n) is 3.10. The molecule has 102 valence electrons. The van der Waals surface area contributed by atoms with Crippen molar-refractivity contribution in [1.29, 1.82) is 0 Å². The van der Waals surface area contributed by atoms with Gasteiger partial charge in [0, 0.05) is 12.3 Å². The van der Waals surface area contributed by atoms with Gasteiger partial charge in [0.2, 0.25) is 0 Å². The maximum Gasteiger partial charge on any atom is 0.308 e. The number of terminal acetylenes is 1. The molecule has 0 bridgehead atoms. The summed E-state index contributed by atoms with van der Waals surface area (Å²) in [5.74, 6) is 2.18. The van der Waals surface area contributed by atoms with Gasteiger partial charge in [0.25, 0.3) is 0 Å². The molecule has 0 spiro atoms. The summed E-state index contributed by atoms with van der Waals surface area (Å²) >= 11 is 0. The molecule has 2 nitrogen and oxygen atoms in total. The zero-order chi connectivity index (χ0) is 14.9. The highest BCUT2D eigenvalue weighted by atomic mass is 19.1. The first-order valence-electron chi connectivity index (χ1n) is 6.35. The Labute approximate surface area is 117 Å². The molecule has 2 aromatic carbocycles. The maximum atomic E-state index is 13.8. The van der Waals surface area contributed by atoms with Crippen molar-refractivity contribution in [2.75, 3.05) is 0 Å². The molecule has 0 fully saturated rings. The van der Waals surface area contributed by atoms with E-state index in [9.17, 15) is 9.18 Å². The summed E-state index contributed by atoms with van der Waals surface area (Å²) in [4.78, 5) is 11.1. The van der Waals surface area contributed by atoms with Crippen LogP contribution in [0.2, 0.25) is 0 Å². The van der Waals surface area contributed by atoms with Crippen molar-refractivity contribution in [2.24, 2.45) is 0 Å². The summed E-state index contributed by atoms with van der Waals surface area (Å²) in [6.45, 7) is 5.31. The van der Waals surface area contributed by atoms with Gasteiger partial charge >= 0.3 is 5.97 Å². The molecule has 0 amide bonds. The van der Waals surface area contributed by atoms with Crippen molar-refractivity contribution < 1.29 is 13.9 Å². The summed E-state index contributed by atoms with van der Waals surface area (Å²) in [7, 11) is 0. The number of fused-ring (bicyclic) bond motifs is 1. The van der Waals surface area contributed by atoms with Crippen LogP contribution in [-0.2, 0) is 4.79 Å². The number of hydrogen-bond acceptors (Lipinski definition) is 2. The molecule has 0 atom stereocenters. The number of rotatable bonds is 2. The Morgan fingerprint density at radius 2 is 2.05 bits per heavy atom. The lowest BCUT2D eigenvalue weighted by atomic mass is 9.92. The van der Waals surface area contributed by atoms with Crippen molar-refractivity contribution in [3.05, 3.63) is 41.2 Å². The van der Waals surface area contributed by atoms with Gasteiger partial charge in [0.05, 0.1) is 5.56 Å². The third kappa shape index (κ3) is 2.50. The highest BCUT2D eigenvalue weighted by molar-refractivity contribution is 5.93. The molecule has 2 rings (SSSR count). The van der Waals surface area contributed by atoms with Gasteiger partial charge in [-0.15, -0.1) is 6.42 Å².